The van der Waals surface area contributed by atoms with Gasteiger partial charge in [-0.3, -0.25) is 9.48 Å². The second kappa shape index (κ2) is 3.82. The zero-order valence-electron chi connectivity index (χ0n) is 10.2. The molecular weight excluding hydrogens is 216 g/mol. The SMILES string of the molecule is CC12CC1CN(C(=O)CCCn1cncn1)C2. The Morgan fingerprint density at radius 3 is 3.12 bits per heavy atom. The molecule has 1 saturated carbocycles. The minimum absolute atomic E-state index is 0.304. The standard InChI is InChI=1S/C12H18N4O/c1-12-5-10(12)6-15(7-12)11(17)3-2-4-16-9-13-8-14-16/h8-10H,2-7H2,1H3. The number of hydrogen-bond acceptors (Lipinski definition) is 3. The monoisotopic (exact) mass is 234 g/mol. The van der Waals surface area contributed by atoms with Gasteiger partial charge in [-0.25, -0.2) is 4.98 Å². The van der Waals surface area contributed by atoms with E-state index in [-0.39, 0.29) is 0 Å². The molecule has 5 heteroatoms. The Morgan fingerprint density at radius 2 is 2.47 bits per heavy atom. The van der Waals surface area contributed by atoms with Crippen LogP contribution in [-0.2, 0) is 11.3 Å². The van der Waals surface area contributed by atoms with Crippen LogP contribution in [0.3, 0.4) is 0 Å². The van der Waals surface area contributed by atoms with E-state index >= 15 is 0 Å². The van der Waals surface area contributed by atoms with Gasteiger partial charge < -0.3 is 4.90 Å². The number of carbonyl (C=O) groups excluding carboxylic acids is 1. The summed E-state index contributed by atoms with van der Waals surface area (Å²) >= 11 is 0. The lowest BCUT2D eigenvalue weighted by Gasteiger charge is -2.19. The van der Waals surface area contributed by atoms with Crippen LogP contribution in [0.25, 0.3) is 0 Å². The van der Waals surface area contributed by atoms with E-state index < -0.39 is 0 Å². The van der Waals surface area contributed by atoms with E-state index in [1.165, 1.54) is 12.7 Å². The number of piperidine rings is 1. The molecule has 2 unspecified atom stereocenters. The lowest BCUT2D eigenvalue weighted by Crippen LogP contribution is -2.31. The van der Waals surface area contributed by atoms with Crippen molar-refractivity contribution in [1.82, 2.24) is 19.7 Å². The summed E-state index contributed by atoms with van der Waals surface area (Å²) in [6.07, 6.45) is 6.01. The van der Waals surface area contributed by atoms with Crippen molar-refractivity contribution < 1.29 is 4.79 Å². The van der Waals surface area contributed by atoms with Crippen LogP contribution in [0.2, 0.25) is 0 Å². The first-order valence-corrected chi connectivity index (χ1v) is 6.28. The highest BCUT2D eigenvalue weighted by Crippen LogP contribution is 2.57. The molecule has 17 heavy (non-hydrogen) atoms. The number of nitrogens with zero attached hydrogens (tertiary/aromatic N) is 4. The topological polar surface area (TPSA) is 51.0 Å². The van der Waals surface area contributed by atoms with Crippen molar-refractivity contribution in [2.75, 3.05) is 13.1 Å². The molecule has 0 aromatic carbocycles. The van der Waals surface area contributed by atoms with Gasteiger partial charge in [0.15, 0.2) is 0 Å². The number of aromatic nitrogens is 3. The molecule has 1 aliphatic carbocycles. The average Bonchev–Trinajstić information content (AvgIpc) is 2.74. The fraction of sp³-hybridized carbons (Fsp3) is 0.750. The predicted octanol–water partition coefficient (Wildman–Crippen LogP) is 0.927. The van der Waals surface area contributed by atoms with Crippen molar-refractivity contribution in [2.45, 2.75) is 32.7 Å². The molecule has 0 radical (unpaired) electrons. The number of aryl methyl sites for hydroxylation is 1. The summed E-state index contributed by atoms with van der Waals surface area (Å²) in [5, 5.41) is 4.02. The van der Waals surface area contributed by atoms with Crippen LogP contribution in [0.4, 0.5) is 0 Å². The van der Waals surface area contributed by atoms with E-state index in [1.54, 1.807) is 11.0 Å². The second-order valence-electron chi connectivity index (χ2n) is 5.59. The van der Waals surface area contributed by atoms with Crippen molar-refractivity contribution in [3.8, 4) is 0 Å². The molecule has 0 bridgehead atoms. The summed E-state index contributed by atoms with van der Waals surface area (Å²) in [6, 6.07) is 0. The Bertz CT molecular complexity index is 416. The average molecular weight is 234 g/mol. The maximum Gasteiger partial charge on any atom is 0.222 e. The zero-order chi connectivity index (χ0) is 11.9. The molecule has 2 aliphatic rings. The van der Waals surface area contributed by atoms with Gasteiger partial charge in [0, 0.05) is 26.1 Å². The van der Waals surface area contributed by atoms with E-state index in [2.05, 4.69) is 17.0 Å². The quantitative estimate of drug-likeness (QED) is 0.778. The normalized spacial score (nSPS) is 30.4. The molecule has 0 N–H and O–H groups in total. The zero-order valence-corrected chi connectivity index (χ0v) is 10.2. The van der Waals surface area contributed by atoms with Gasteiger partial charge in [0.1, 0.15) is 12.7 Å². The molecule has 1 aliphatic heterocycles. The fourth-order valence-corrected chi connectivity index (χ4v) is 2.84. The molecule has 1 aromatic heterocycles. The molecule has 1 amide bonds. The Morgan fingerprint density at radius 1 is 1.59 bits per heavy atom. The molecule has 1 saturated heterocycles. The van der Waals surface area contributed by atoms with E-state index in [0.717, 1.165) is 32.0 Å². The van der Waals surface area contributed by atoms with Crippen molar-refractivity contribution in [3.05, 3.63) is 12.7 Å². The van der Waals surface area contributed by atoms with Crippen LogP contribution >= 0.6 is 0 Å². The van der Waals surface area contributed by atoms with Crippen LogP contribution in [0.1, 0.15) is 26.2 Å². The van der Waals surface area contributed by atoms with Crippen molar-refractivity contribution in [2.24, 2.45) is 11.3 Å². The Balaban J connectivity index is 1.42. The summed E-state index contributed by atoms with van der Waals surface area (Å²) < 4.78 is 1.77. The van der Waals surface area contributed by atoms with Crippen LogP contribution in [-0.4, -0.2) is 38.7 Å². The number of likely N-dealkylation sites (tertiary alicyclic amines) is 1. The van der Waals surface area contributed by atoms with Crippen molar-refractivity contribution in [3.63, 3.8) is 0 Å². The summed E-state index contributed by atoms with van der Waals surface area (Å²) in [5.74, 6) is 1.08. The minimum atomic E-state index is 0.304. The maximum absolute atomic E-state index is 12.0. The fourth-order valence-electron chi connectivity index (χ4n) is 2.84. The number of hydrogen-bond donors (Lipinski definition) is 0. The minimum Gasteiger partial charge on any atom is -0.342 e. The number of fused-ring (bicyclic) bond motifs is 1. The Hall–Kier alpha value is -1.39. The van der Waals surface area contributed by atoms with Crippen molar-refractivity contribution in [1.29, 1.82) is 0 Å². The van der Waals surface area contributed by atoms with E-state index in [9.17, 15) is 4.79 Å². The van der Waals surface area contributed by atoms with Gasteiger partial charge in [-0.15, -0.1) is 0 Å². The highest BCUT2D eigenvalue weighted by Gasteiger charge is 2.56. The highest BCUT2D eigenvalue weighted by atomic mass is 16.2. The van der Waals surface area contributed by atoms with Crippen molar-refractivity contribution >= 4 is 5.91 Å². The molecule has 1 aromatic rings. The number of carbonyl (C=O) groups is 1. The van der Waals surface area contributed by atoms with Gasteiger partial charge >= 0.3 is 0 Å². The molecule has 92 valence electrons. The molecule has 2 fully saturated rings. The first-order valence-electron chi connectivity index (χ1n) is 6.28. The van der Waals surface area contributed by atoms with Crippen LogP contribution < -0.4 is 0 Å². The predicted molar refractivity (Wildman–Crippen MR) is 62.1 cm³/mol. The van der Waals surface area contributed by atoms with E-state index in [4.69, 9.17) is 0 Å². The lowest BCUT2D eigenvalue weighted by molar-refractivity contribution is -0.131. The van der Waals surface area contributed by atoms with Crippen LogP contribution in [0.5, 0.6) is 0 Å². The van der Waals surface area contributed by atoms with Gasteiger partial charge in [0.25, 0.3) is 0 Å². The van der Waals surface area contributed by atoms with Crippen LogP contribution in [0, 0.1) is 11.3 Å². The molecule has 5 nitrogen and oxygen atoms in total. The maximum atomic E-state index is 12.0. The number of amides is 1. The van der Waals surface area contributed by atoms with Gasteiger partial charge in [-0.2, -0.15) is 5.10 Å². The summed E-state index contributed by atoms with van der Waals surface area (Å²) in [7, 11) is 0. The third-order valence-electron chi connectivity index (χ3n) is 4.13. The lowest BCUT2D eigenvalue weighted by atomic mass is 10.1. The van der Waals surface area contributed by atoms with Gasteiger partial charge in [-0.1, -0.05) is 6.92 Å². The molecule has 2 heterocycles. The van der Waals surface area contributed by atoms with Crippen LogP contribution in [0.15, 0.2) is 12.7 Å². The molecular formula is C12H18N4O. The third kappa shape index (κ3) is 2.06. The van der Waals surface area contributed by atoms with E-state index in [1.807, 2.05) is 4.90 Å². The van der Waals surface area contributed by atoms with Gasteiger partial charge in [-0.05, 0) is 24.2 Å². The first-order chi connectivity index (χ1) is 8.17. The van der Waals surface area contributed by atoms with Gasteiger partial charge in [0.05, 0.1) is 0 Å². The largest absolute Gasteiger partial charge is 0.342 e. The highest BCUT2D eigenvalue weighted by molar-refractivity contribution is 5.76. The van der Waals surface area contributed by atoms with Gasteiger partial charge in [0.2, 0.25) is 5.91 Å². The summed E-state index contributed by atoms with van der Waals surface area (Å²) in [5.41, 5.74) is 0.460. The Labute approximate surface area is 101 Å². The molecule has 2 atom stereocenters. The summed E-state index contributed by atoms with van der Waals surface area (Å²) in [4.78, 5) is 17.9. The first kappa shape index (κ1) is 10.7. The number of rotatable bonds is 4. The molecule has 3 rings (SSSR count). The second-order valence-corrected chi connectivity index (χ2v) is 5.59. The smallest absolute Gasteiger partial charge is 0.222 e. The third-order valence-corrected chi connectivity index (χ3v) is 4.13. The Kier molecular flexibility index (Phi) is 2.42. The van der Waals surface area contributed by atoms with E-state index in [0.29, 0.717) is 17.7 Å². The molecule has 0 spiro atoms. The summed E-state index contributed by atoms with van der Waals surface area (Å²) in [6.45, 7) is 5.03.